The lowest BCUT2D eigenvalue weighted by molar-refractivity contribution is 0.867. The Balaban J connectivity index is 1.73. The molecule has 0 fully saturated rings. The van der Waals surface area contributed by atoms with E-state index in [0.717, 1.165) is 67.1 Å². The molecule has 8 bridgehead atoms. The minimum atomic E-state index is 0.495. The van der Waals surface area contributed by atoms with Crippen LogP contribution in [-0.2, 0) is 0 Å². The van der Waals surface area contributed by atoms with Gasteiger partial charge in [-0.15, -0.1) is 0 Å². The third-order valence-corrected chi connectivity index (χ3v) is 7.40. The standard InChI is InChI=1S/C32H30N4/c1-18(2)22-6-8-23(9-7-22)32-30-16-14-28(35-30)20(4)26-12-10-24(33-26)19(3)25-11-13-27(34-25)21(5)29-15-17-31(32)36-29/h6-18,35-36H,1-5H3. The van der Waals surface area contributed by atoms with Gasteiger partial charge in [0, 0.05) is 33.2 Å². The highest BCUT2D eigenvalue weighted by Crippen LogP contribution is 2.31. The molecule has 36 heavy (non-hydrogen) atoms. The van der Waals surface area contributed by atoms with E-state index in [9.17, 15) is 0 Å². The van der Waals surface area contributed by atoms with Crippen molar-refractivity contribution in [3.63, 3.8) is 0 Å². The Kier molecular flexibility index (Phi) is 5.26. The molecule has 0 spiro atoms. The second-order valence-corrected chi connectivity index (χ2v) is 10.0. The first-order valence-corrected chi connectivity index (χ1v) is 12.6. The molecule has 0 radical (unpaired) electrons. The van der Waals surface area contributed by atoms with Gasteiger partial charge in [-0.25, -0.2) is 9.97 Å². The molecule has 1 aromatic carbocycles. The summed E-state index contributed by atoms with van der Waals surface area (Å²) in [5.74, 6) is 0.495. The summed E-state index contributed by atoms with van der Waals surface area (Å²) in [7, 11) is 0. The minimum Gasteiger partial charge on any atom is -0.355 e. The number of aryl methyl sites for hydroxylation is 2. The SMILES string of the molecule is Cc1c2nc(c(C)c3ccc([nH]3)c(-c3ccc(C(C)C)cc3)c3ccc([nH]3)c(C)c3nc1C=C3)C=C2. The monoisotopic (exact) mass is 470 g/mol. The number of hydrogen-bond acceptors (Lipinski definition) is 2. The Morgan fingerprint density at radius 3 is 1.39 bits per heavy atom. The second kappa shape index (κ2) is 8.49. The largest absolute Gasteiger partial charge is 0.355 e. The van der Waals surface area contributed by atoms with E-state index in [2.05, 4.69) is 117 Å². The van der Waals surface area contributed by atoms with Crippen molar-refractivity contribution in [3.05, 3.63) is 93.6 Å². The third-order valence-electron chi connectivity index (χ3n) is 7.40. The minimum absolute atomic E-state index is 0.495. The van der Waals surface area contributed by atoms with Crippen molar-refractivity contribution in [3.8, 4) is 11.1 Å². The highest BCUT2D eigenvalue weighted by Gasteiger charge is 2.13. The van der Waals surface area contributed by atoms with E-state index in [0.29, 0.717) is 5.92 Å². The summed E-state index contributed by atoms with van der Waals surface area (Å²) in [5, 5.41) is 0. The quantitative estimate of drug-likeness (QED) is 0.267. The second-order valence-electron chi connectivity index (χ2n) is 10.0. The number of hydrogen-bond donors (Lipinski definition) is 2. The lowest BCUT2D eigenvalue weighted by atomic mass is 9.98. The van der Waals surface area contributed by atoms with Crippen molar-refractivity contribution in [1.82, 2.24) is 19.9 Å². The van der Waals surface area contributed by atoms with Crippen LogP contribution < -0.4 is 0 Å². The molecule has 6 rings (SSSR count). The number of benzene rings is 1. The molecule has 3 aromatic heterocycles. The van der Waals surface area contributed by atoms with Gasteiger partial charge in [-0.1, -0.05) is 38.1 Å². The van der Waals surface area contributed by atoms with E-state index in [1.54, 1.807) is 0 Å². The molecular formula is C32H30N4. The van der Waals surface area contributed by atoms with Crippen molar-refractivity contribution >= 4 is 46.4 Å². The number of nitrogens with zero attached hydrogens (tertiary/aromatic N) is 2. The van der Waals surface area contributed by atoms with Crippen LogP contribution in [0.2, 0.25) is 0 Å². The van der Waals surface area contributed by atoms with Gasteiger partial charge in [-0.2, -0.15) is 0 Å². The van der Waals surface area contributed by atoms with Crippen molar-refractivity contribution in [2.75, 3.05) is 0 Å². The Morgan fingerprint density at radius 1 is 0.528 bits per heavy atom. The van der Waals surface area contributed by atoms with Crippen LogP contribution in [0.1, 0.15) is 64.8 Å². The molecule has 2 aliphatic heterocycles. The number of aromatic amines is 2. The van der Waals surface area contributed by atoms with Crippen LogP contribution in [-0.4, -0.2) is 19.9 Å². The zero-order chi connectivity index (χ0) is 25.0. The van der Waals surface area contributed by atoms with Gasteiger partial charge < -0.3 is 9.97 Å². The van der Waals surface area contributed by atoms with E-state index in [1.165, 1.54) is 11.1 Å². The molecule has 0 unspecified atom stereocenters. The fraction of sp³-hybridized carbons (Fsp3) is 0.188. The maximum Gasteiger partial charge on any atom is 0.0688 e. The van der Waals surface area contributed by atoms with E-state index in [4.69, 9.17) is 9.97 Å². The first-order chi connectivity index (χ1) is 17.4. The Hall–Kier alpha value is -4.18. The predicted octanol–water partition coefficient (Wildman–Crippen LogP) is 8.37. The molecule has 2 N–H and O–H groups in total. The molecule has 4 aromatic rings. The number of nitrogens with one attached hydrogen (secondary N) is 2. The highest BCUT2D eigenvalue weighted by atomic mass is 14.8. The Bertz CT molecular complexity index is 1620. The van der Waals surface area contributed by atoms with Crippen molar-refractivity contribution in [2.24, 2.45) is 0 Å². The highest BCUT2D eigenvalue weighted by molar-refractivity contribution is 5.94. The van der Waals surface area contributed by atoms with E-state index < -0.39 is 0 Å². The maximum atomic E-state index is 4.95. The molecular weight excluding hydrogens is 440 g/mol. The molecule has 0 saturated heterocycles. The Labute approximate surface area is 211 Å². The maximum absolute atomic E-state index is 4.95. The van der Waals surface area contributed by atoms with E-state index >= 15 is 0 Å². The molecule has 5 heterocycles. The zero-order valence-electron chi connectivity index (χ0n) is 21.4. The first-order valence-electron chi connectivity index (χ1n) is 12.6. The van der Waals surface area contributed by atoms with Gasteiger partial charge in [0.15, 0.2) is 0 Å². The topological polar surface area (TPSA) is 57.4 Å². The van der Waals surface area contributed by atoms with Crippen molar-refractivity contribution in [1.29, 1.82) is 0 Å². The average molecular weight is 471 g/mol. The normalized spacial score (nSPS) is 12.6. The summed E-state index contributed by atoms with van der Waals surface area (Å²) in [6.07, 6.45) is 8.37. The van der Waals surface area contributed by atoms with Crippen LogP contribution in [0.5, 0.6) is 0 Å². The van der Waals surface area contributed by atoms with Crippen LogP contribution in [0.3, 0.4) is 0 Å². The lowest BCUT2D eigenvalue weighted by Gasteiger charge is -2.08. The lowest BCUT2D eigenvalue weighted by Crippen LogP contribution is -1.89. The fourth-order valence-electron chi connectivity index (χ4n) is 4.98. The van der Waals surface area contributed by atoms with E-state index in [-0.39, 0.29) is 0 Å². The van der Waals surface area contributed by atoms with Gasteiger partial charge in [-0.3, -0.25) is 0 Å². The first kappa shape index (κ1) is 22.3. The van der Waals surface area contributed by atoms with Gasteiger partial charge >= 0.3 is 0 Å². The van der Waals surface area contributed by atoms with Crippen molar-refractivity contribution < 1.29 is 0 Å². The summed E-state index contributed by atoms with van der Waals surface area (Å²) in [6, 6.07) is 17.6. The van der Waals surface area contributed by atoms with Gasteiger partial charge in [0.25, 0.3) is 0 Å². The molecule has 2 aliphatic rings. The van der Waals surface area contributed by atoms with Crippen LogP contribution in [0.4, 0.5) is 0 Å². The summed E-state index contributed by atoms with van der Waals surface area (Å²) in [5.41, 5.74) is 15.1. The molecule has 0 aliphatic carbocycles. The molecule has 0 saturated carbocycles. The number of fused-ring (bicyclic) bond motifs is 8. The number of aromatic nitrogens is 4. The van der Waals surface area contributed by atoms with Gasteiger partial charge in [0.05, 0.1) is 22.8 Å². The van der Waals surface area contributed by atoms with Crippen LogP contribution in [0, 0.1) is 20.8 Å². The summed E-state index contributed by atoms with van der Waals surface area (Å²) in [4.78, 5) is 17.3. The smallest absolute Gasteiger partial charge is 0.0688 e. The zero-order valence-corrected chi connectivity index (χ0v) is 21.4. The Morgan fingerprint density at radius 2 is 0.944 bits per heavy atom. The van der Waals surface area contributed by atoms with E-state index in [1.807, 2.05) is 0 Å². The van der Waals surface area contributed by atoms with Crippen LogP contribution in [0.15, 0.2) is 48.5 Å². The summed E-state index contributed by atoms with van der Waals surface area (Å²) < 4.78 is 0. The number of rotatable bonds is 2. The molecule has 178 valence electrons. The number of H-pyrrole nitrogens is 2. The average Bonchev–Trinajstić information content (AvgIpc) is 3.69. The molecule has 4 nitrogen and oxygen atoms in total. The van der Waals surface area contributed by atoms with Gasteiger partial charge in [-0.05, 0) is 97.5 Å². The molecule has 0 atom stereocenters. The summed E-state index contributed by atoms with van der Waals surface area (Å²) >= 11 is 0. The molecule has 4 heteroatoms. The van der Waals surface area contributed by atoms with Crippen LogP contribution >= 0.6 is 0 Å². The van der Waals surface area contributed by atoms with Gasteiger partial charge in [0.1, 0.15) is 0 Å². The third kappa shape index (κ3) is 3.70. The molecule has 0 amide bonds. The van der Waals surface area contributed by atoms with Crippen LogP contribution in [0.25, 0.3) is 57.5 Å². The van der Waals surface area contributed by atoms with Crippen molar-refractivity contribution in [2.45, 2.75) is 40.5 Å². The van der Waals surface area contributed by atoms with Gasteiger partial charge in [0.2, 0.25) is 0 Å². The summed E-state index contributed by atoms with van der Waals surface area (Å²) in [6.45, 7) is 10.8. The predicted molar refractivity (Wildman–Crippen MR) is 153 cm³/mol. The fourth-order valence-corrected chi connectivity index (χ4v) is 4.98.